The molecule has 1 aliphatic rings. The highest BCUT2D eigenvalue weighted by molar-refractivity contribution is 5.76. The van der Waals surface area contributed by atoms with E-state index in [-0.39, 0.29) is 17.7 Å². The molecule has 1 aromatic rings. The van der Waals surface area contributed by atoms with Gasteiger partial charge in [0, 0.05) is 33.1 Å². The predicted octanol–water partition coefficient (Wildman–Crippen LogP) is -1.11. The van der Waals surface area contributed by atoms with E-state index in [4.69, 9.17) is 17.2 Å². The first kappa shape index (κ1) is 12.2. The van der Waals surface area contributed by atoms with Crippen LogP contribution in [0.2, 0.25) is 0 Å². The summed E-state index contributed by atoms with van der Waals surface area (Å²) in [6.07, 6.45) is 0. The van der Waals surface area contributed by atoms with E-state index in [9.17, 15) is 4.79 Å². The van der Waals surface area contributed by atoms with Crippen molar-refractivity contribution in [2.24, 2.45) is 0 Å². The molecule has 2 rings (SSSR count). The van der Waals surface area contributed by atoms with Crippen molar-refractivity contribution in [2.45, 2.75) is 6.92 Å². The van der Waals surface area contributed by atoms with Gasteiger partial charge in [-0.05, 0) is 0 Å². The minimum Gasteiger partial charge on any atom is -0.393 e. The van der Waals surface area contributed by atoms with Crippen LogP contribution in [0.15, 0.2) is 0 Å². The molecule has 1 aliphatic heterocycles. The Balaban J connectivity index is 2.17. The molecule has 6 N–H and O–H groups in total. The maximum Gasteiger partial charge on any atom is 0.224 e. The van der Waals surface area contributed by atoms with Gasteiger partial charge in [-0.15, -0.1) is 0 Å². The first-order valence-corrected chi connectivity index (χ1v) is 5.68. The number of piperazine rings is 1. The van der Waals surface area contributed by atoms with Crippen molar-refractivity contribution in [3.05, 3.63) is 0 Å². The van der Waals surface area contributed by atoms with Crippen LogP contribution >= 0.6 is 0 Å². The molecule has 8 heteroatoms. The minimum absolute atomic E-state index is 0.0735. The van der Waals surface area contributed by atoms with Gasteiger partial charge in [0.1, 0.15) is 5.69 Å². The van der Waals surface area contributed by atoms with Crippen molar-refractivity contribution in [3.8, 4) is 0 Å². The van der Waals surface area contributed by atoms with Crippen molar-refractivity contribution < 1.29 is 4.79 Å². The molecule has 0 aromatic carbocycles. The van der Waals surface area contributed by atoms with Crippen LogP contribution in [0, 0.1) is 0 Å². The summed E-state index contributed by atoms with van der Waals surface area (Å²) in [7, 11) is 0. The highest BCUT2D eigenvalue weighted by Crippen LogP contribution is 2.26. The third-order valence-electron chi connectivity index (χ3n) is 3.00. The molecule has 0 atom stereocenters. The van der Waals surface area contributed by atoms with E-state index in [1.54, 1.807) is 11.8 Å². The lowest BCUT2D eigenvalue weighted by atomic mass is 10.3. The number of amides is 1. The number of anilines is 4. The maximum atomic E-state index is 11.2. The van der Waals surface area contributed by atoms with Crippen molar-refractivity contribution in [3.63, 3.8) is 0 Å². The lowest BCUT2D eigenvalue weighted by molar-refractivity contribution is -0.129. The van der Waals surface area contributed by atoms with E-state index in [1.165, 1.54) is 0 Å². The zero-order valence-corrected chi connectivity index (χ0v) is 10.3. The maximum absolute atomic E-state index is 11.2. The fourth-order valence-electron chi connectivity index (χ4n) is 1.97. The summed E-state index contributed by atoms with van der Waals surface area (Å²) < 4.78 is 0. The molecule has 18 heavy (non-hydrogen) atoms. The van der Waals surface area contributed by atoms with Gasteiger partial charge >= 0.3 is 0 Å². The van der Waals surface area contributed by atoms with Crippen molar-refractivity contribution in [1.29, 1.82) is 0 Å². The number of hydrogen-bond acceptors (Lipinski definition) is 7. The van der Waals surface area contributed by atoms with Gasteiger partial charge in [0.25, 0.3) is 0 Å². The van der Waals surface area contributed by atoms with Crippen LogP contribution in [0.1, 0.15) is 6.92 Å². The largest absolute Gasteiger partial charge is 0.393 e. The summed E-state index contributed by atoms with van der Waals surface area (Å²) >= 11 is 0. The van der Waals surface area contributed by atoms with Gasteiger partial charge in [0.05, 0.1) is 0 Å². The number of carbonyl (C=O) groups is 1. The molecular formula is C10H17N7O. The van der Waals surface area contributed by atoms with E-state index in [1.807, 2.05) is 4.90 Å². The predicted molar refractivity (Wildman–Crippen MR) is 69.7 cm³/mol. The van der Waals surface area contributed by atoms with Crippen LogP contribution < -0.4 is 22.1 Å². The van der Waals surface area contributed by atoms with E-state index < -0.39 is 0 Å². The molecule has 0 aliphatic carbocycles. The zero-order chi connectivity index (χ0) is 13.3. The third-order valence-corrected chi connectivity index (χ3v) is 3.00. The average Bonchev–Trinajstić information content (AvgIpc) is 2.34. The molecular weight excluding hydrogens is 234 g/mol. The number of aromatic nitrogens is 2. The van der Waals surface area contributed by atoms with Gasteiger partial charge in [0.15, 0.2) is 11.6 Å². The number of nitrogens with zero attached hydrogens (tertiary/aromatic N) is 4. The Bertz CT molecular complexity index is 468. The summed E-state index contributed by atoms with van der Waals surface area (Å²) in [5.41, 5.74) is 17.4. The Morgan fingerprint density at radius 1 is 1.11 bits per heavy atom. The minimum atomic E-state index is 0.0735. The van der Waals surface area contributed by atoms with Crippen LogP contribution in [-0.2, 0) is 4.79 Å². The first-order valence-electron chi connectivity index (χ1n) is 5.68. The molecule has 8 nitrogen and oxygen atoms in total. The van der Waals surface area contributed by atoms with Gasteiger partial charge in [-0.1, -0.05) is 0 Å². The number of nitrogen functional groups attached to an aromatic ring is 3. The summed E-state index contributed by atoms with van der Waals surface area (Å²) in [5, 5.41) is 0. The van der Waals surface area contributed by atoms with Crippen LogP contribution in [-0.4, -0.2) is 47.0 Å². The Kier molecular flexibility index (Phi) is 3.09. The van der Waals surface area contributed by atoms with Gasteiger partial charge in [-0.3, -0.25) is 4.79 Å². The zero-order valence-electron chi connectivity index (χ0n) is 10.3. The quantitative estimate of drug-likeness (QED) is 0.577. The highest BCUT2D eigenvalue weighted by Gasteiger charge is 2.22. The molecule has 2 heterocycles. The van der Waals surface area contributed by atoms with Gasteiger partial charge in [0.2, 0.25) is 11.9 Å². The van der Waals surface area contributed by atoms with Crippen LogP contribution in [0.25, 0.3) is 0 Å². The number of rotatable bonds is 1. The molecule has 1 amide bonds. The summed E-state index contributed by atoms with van der Waals surface area (Å²) in [6, 6.07) is 0. The average molecular weight is 251 g/mol. The van der Waals surface area contributed by atoms with Crippen molar-refractivity contribution >= 4 is 29.2 Å². The van der Waals surface area contributed by atoms with E-state index in [0.717, 1.165) is 0 Å². The lowest BCUT2D eigenvalue weighted by Gasteiger charge is -2.35. The number of carbonyl (C=O) groups excluding carboxylic acids is 1. The molecule has 0 unspecified atom stereocenters. The van der Waals surface area contributed by atoms with Gasteiger partial charge in [-0.2, -0.15) is 9.97 Å². The van der Waals surface area contributed by atoms with Gasteiger partial charge in [-0.25, -0.2) is 0 Å². The van der Waals surface area contributed by atoms with Crippen LogP contribution in [0.4, 0.5) is 23.3 Å². The normalized spacial score (nSPS) is 15.8. The first-order chi connectivity index (χ1) is 8.49. The van der Waals surface area contributed by atoms with Crippen LogP contribution in [0.3, 0.4) is 0 Å². The fraction of sp³-hybridized carbons (Fsp3) is 0.500. The second-order valence-electron chi connectivity index (χ2n) is 4.20. The number of hydrogen-bond donors (Lipinski definition) is 3. The molecule has 0 radical (unpaired) electrons. The second kappa shape index (κ2) is 4.55. The summed E-state index contributed by atoms with van der Waals surface area (Å²) in [5.74, 6) is 0.907. The SMILES string of the molecule is CC(=O)N1CCN(c2nc(N)nc(N)c2N)CC1. The molecule has 1 fully saturated rings. The lowest BCUT2D eigenvalue weighted by Crippen LogP contribution is -2.48. The number of nitrogens with two attached hydrogens (primary N) is 3. The molecule has 1 saturated heterocycles. The smallest absolute Gasteiger partial charge is 0.224 e. The van der Waals surface area contributed by atoms with Crippen LogP contribution in [0.5, 0.6) is 0 Å². The Morgan fingerprint density at radius 3 is 2.28 bits per heavy atom. The monoisotopic (exact) mass is 251 g/mol. The molecule has 0 spiro atoms. The van der Waals surface area contributed by atoms with Crippen molar-refractivity contribution in [2.75, 3.05) is 48.3 Å². The summed E-state index contributed by atoms with van der Waals surface area (Å²) in [6.45, 7) is 4.14. The molecule has 0 saturated carbocycles. The van der Waals surface area contributed by atoms with Crippen molar-refractivity contribution in [1.82, 2.24) is 14.9 Å². The highest BCUT2D eigenvalue weighted by atomic mass is 16.2. The van der Waals surface area contributed by atoms with Gasteiger partial charge < -0.3 is 27.0 Å². The fourth-order valence-corrected chi connectivity index (χ4v) is 1.97. The standard InChI is InChI=1S/C10H17N7O/c1-6(18)16-2-4-17(5-3-16)9-7(11)8(12)14-10(13)15-9/h2-5,11H2,1H3,(H4,12,13,14,15). The Hall–Kier alpha value is -2.25. The second-order valence-corrected chi connectivity index (χ2v) is 4.20. The topological polar surface area (TPSA) is 127 Å². The Labute approximate surface area is 105 Å². The third kappa shape index (κ3) is 2.22. The Morgan fingerprint density at radius 2 is 1.72 bits per heavy atom. The van der Waals surface area contributed by atoms with E-state index >= 15 is 0 Å². The molecule has 98 valence electrons. The van der Waals surface area contributed by atoms with E-state index in [2.05, 4.69) is 9.97 Å². The summed E-state index contributed by atoms with van der Waals surface area (Å²) in [4.78, 5) is 22.9. The molecule has 0 bridgehead atoms. The van der Waals surface area contributed by atoms with E-state index in [0.29, 0.717) is 37.7 Å². The molecule has 1 aromatic heterocycles.